The van der Waals surface area contributed by atoms with E-state index >= 15 is 0 Å². The fourth-order valence-electron chi connectivity index (χ4n) is 5.80. The van der Waals surface area contributed by atoms with Crippen LogP contribution in [0.5, 0.6) is 5.75 Å². The molecule has 0 amide bonds. The standard InChI is InChI=1S/C31H41ClN8O4S.ClH/c1-37(45(3)43)27-7-5-4-6-25(27)34-30-24(32)19-33-31(36-30)35-26-9-8-23(18-28(26)44-2)40-12-10-22(11-13-40)20-38-14-16-39(17-15-38)21-29(41)42;/h4-9,18-19,22H,10-17,20-21H2,1-3H3,(H,41,42)(H2,33,34,35,36);1H. The lowest BCUT2D eigenvalue weighted by atomic mass is 9.95. The third-order valence-electron chi connectivity index (χ3n) is 8.38. The topological polar surface area (TPSA) is 126 Å². The molecule has 2 fully saturated rings. The molecular weight excluding hydrogens is 651 g/mol. The number of carboxylic acid groups (broad SMARTS) is 1. The average molecular weight is 694 g/mol. The van der Waals surface area contributed by atoms with E-state index in [9.17, 15) is 9.00 Å². The minimum atomic E-state index is -1.20. The second kappa shape index (κ2) is 16.5. The van der Waals surface area contributed by atoms with Crippen LogP contribution >= 0.6 is 24.0 Å². The number of hydrogen-bond donors (Lipinski definition) is 3. The molecule has 5 rings (SSSR count). The zero-order chi connectivity index (χ0) is 31.9. The Bertz CT molecular complexity index is 1500. The first-order valence-corrected chi connectivity index (χ1v) is 16.9. The van der Waals surface area contributed by atoms with Crippen molar-refractivity contribution in [1.82, 2.24) is 19.8 Å². The van der Waals surface area contributed by atoms with Crippen LogP contribution in [0.25, 0.3) is 0 Å². The molecule has 46 heavy (non-hydrogen) atoms. The van der Waals surface area contributed by atoms with Gasteiger partial charge < -0.3 is 30.3 Å². The van der Waals surface area contributed by atoms with Gasteiger partial charge in [-0.3, -0.25) is 14.0 Å². The lowest BCUT2D eigenvalue weighted by molar-refractivity contribution is -0.138. The number of rotatable bonds is 12. The van der Waals surface area contributed by atoms with Gasteiger partial charge in [0, 0.05) is 70.9 Å². The van der Waals surface area contributed by atoms with Crippen molar-refractivity contribution in [2.75, 3.05) is 92.6 Å². The summed E-state index contributed by atoms with van der Waals surface area (Å²) in [6.45, 7) is 6.63. The fourth-order valence-corrected chi connectivity index (χ4v) is 6.37. The molecule has 2 saturated heterocycles. The highest BCUT2D eigenvalue weighted by molar-refractivity contribution is 7.85. The van der Waals surface area contributed by atoms with Crippen LogP contribution in [-0.4, -0.2) is 108 Å². The number of aromatic nitrogens is 2. The first-order chi connectivity index (χ1) is 21.7. The smallest absolute Gasteiger partial charge is 0.317 e. The number of nitrogens with zero attached hydrogens (tertiary/aromatic N) is 6. The van der Waals surface area contributed by atoms with E-state index in [1.165, 1.54) is 6.20 Å². The maximum atomic E-state index is 12.1. The Labute approximate surface area is 284 Å². The number of carboxylic acids is 1. The zero-order valence-corrected chi connectivity index (χ0v) is 28.7. The van der Waals surface area contributed by atoms with E-state index in [1.54, 1.807) is 24.7 Å². The number of benzene rings is 2. The number of methoxy groups -OCH3 is 1. The number of ether oxygens (including phenoxy) is 1. The molecule has 15 heteroatoms. The molecule has 0 aliphatic carbocycles. The number of aliphatic carboxylic acids is 1. The minimum Gasteiger partial charge on any atom is -0.494 e. The summed E-state index contributed by atoms with van der Waals surface area (Å²) in [5, 5.41) is 15.9. The van der Waals surface area contributed by atoms with Gasteiger partial charge in [0.25, 0.3) is 0 Å². The summed E-state index contributed by atoms with van der Waals surface area (Å²) in [5.74, 6) is 1.33. The summed E-state index contributed by atoms with van der Waals surface area (Å²) >= 11 is 6.45. The van der Waals surface area contributed by atoms with Crippen LogP contribution in [0.2, 0.25) is 5.02 Å². The number of nitrogens with one attached hydrogen (secondary N) is 2. The Balaban J connectivity index is 0.00000480. The Morgan fingerprint density at radius 2 is 1.76 bits per heavy atom. The van der Waals surface area contributed by atoms with E-state index in [0.717, 1.165) is 75.7 Å². The van der Waals surface area contributed by atoms with Crippen molar-refractivity contribution in [2.24, 2.45) is 5.92 Å². The van der Waals surface area contributed by atoms with Crippen LogP contribution in [-0.2, 0) is 15.8 Å². The number of piperazine rings is 1. The molecule has 2 aliphatic rings. The molecule has 1 aromatic heterocycles. The monoisotopic (exact) mass is 692 g/mol. The molecule has 250 valence electrons. The van der Waals surface area contributed by atoms with Crippen molar-refractivity contribution >= 4 is 75.5 Å². The maximum Gasteiger partial charge on any atom is 0.317 e. The highest BCUT2D eigenvalue weighted by Crippen LogP contribution is 2.35. The van der Waals surface area contributed by atoms with Crippen LogP contribution in [0, 0.1) is 5.92 Å². The van der Waals surface area contributed by atoms with E-state index < -0.39 is 17.0 Å². The van der Waals surface area contributed by atoms with Crippen molar-refractivity contribution in [3.8, 4) is 5.75 Å². The van der Waals surface area contributed by atoms with Crippen molar-refractivity contribution in [3.05, 3.63) is 53.7 Å². The van der Waals surface area contributed by atoms with Crippen molar-refractivity contribution in [1.29, 1.82) is 0 Å². The summed E-state index contributed by atoms with van der Waals surface area (Å²) < 4.78 is 19.5. The number of hydrogen-bond acceptors (Lipinski definition) is 10. The highest BCUT2D eigenvalue weighted by atomic mass is 35.5. The lowest BCUT2D eigenvalue weighted by Gasteiger charge is -2.39. The van der Waals surface area contributed by atoms with Gasteiger partial charge in [-0.15, -0.1) is 12.4 Å². The molecule has 0 radical (unpaired) electrons. The van der Waals surface area contributed by atoms with Crippen LogP contribution in [0.1, 0.15) is 12.8 Å². The Kier molecular flexibility index (Phi) is 12.7. The highest BCUT2D eigenvalue weighted by Gasteiger charge is 2.25. The van der Waals surface area contributed by atoms with Gasteiger partial charge >= 0.3 is 5.97 Å². The normalized spacial score (nSPS) is 16.7. The van der Waals surface area contributed by atoms with E-state index in [4.69, 9.17) is 21.4 Å². The molecule has 1 unspecified atom stereocenters. The molecule has 12 nitrogen and oxygen atoms in total. The number of anilines is 6. The predicted molar refractivity (Wildman–Crippen MR) is 188 cm³/mol. The van der Waals surface area contributed by atoms with Gasteiger partial charge in [0.05, 0.1) is 36.9 Å². The third-order valence-corrected chi connectivity index (χ3v) is 9.62. The molecule has 2 aliphatic heterocycles. The largest absolute Gasteiger partial charge is 0.494 e. The number of para-hydroxylation sites is 2. The third kappa shape index (κ3) is 9.13. The van der Waals surface area contributed by atoms with Gasteiger partial charge in [-0.2, -0.15) is 4.98 Å². The zero-order valence-electron chi connectivity index (χ0n) is 26.3. The fraction of sp³-hybridized carbons (Fsp3) is 0.452. The van der Waals surface area contributed by atoms with Crippen molar-refractivity contribution in [2.45, 2.75) is 12.8 Å². The summed E-state index contributed by atoms with van der Waals surface area (Å²) in [7, 11) is 2.21. The number of piperidine rings is 1. The van der Waals surface area contributed by atoms with E-state index in [0.29, 0.717) is 34.1 Å². The van der Waals surface area contributed by atoms with E-state index in [1.807, 2.05) is 41.3 Å². The quantitative estimate of drug-likeness (QED) is 0.245. The Hall–Kier alpha value is -3.36. The molecule has 1 atom stereocenters. The van der Waals surface area contributed by atoms with Crippen molar-refractivity contribution in [3.63, 3.8) is 0 Å². The minimum absolute atomic E-state index is 0. The lowest BCUT2D eigenvalue weighted by Crippen LogP contribution is -2.49. The molecular formula is C31H42Cl2N8O4S. The Morgan fingerprint density at radius 1 is 1.07 bits per heavy atom. The Morgan fingerprint density at radius 3 is 2.43 bits per heavy atom. The van der Waals surface area contributed by atoms with Crippen LogP contribution < -0.4 is 24.6 Å². The van der Waals surface area contributed by atoms with Gasteiger partial charge in [0.15, 0.2) is 5.82 Å². The second-order valence-electron chi connectivity index (χ2n) is 11.4. The van der Waals surface area contributed by atoms with Gasteiger partial charge in [0.1, 0.15) is 21.8 Å². The van der Waals surface area contributed by atoms with Crippen molar-refractivity contribution < 1.29 is 18.8 Å². The molecule has 2 aromatic carbocycles. The predicted octanol–water partition coefficient (Wildman–Crippen LogP) is 4.70. The van der Waals surface area contributed by atoms with Gasteiger partial charge in [-0.25, -0.2) is 9.19 Å². The maximum absolute atomic E-state index is 12.1. The van der Waals surface area contributed by atoms with Crippen LogP contribution in [0.3, 0.4) is 0 Å². The van der Waals surface area contributed by atoms with Gasteiger partial charge in [-0.1, -0.05) is 23.7 Å². The molecule has 3 heterocycles. The van der Waals surface area contributed by atoms with Gasteiger partial charge in [-0.05, 0) is 43.0 Å². The number of carbonyl (C=O) groups is 1. The van der Waals surface area contributed by atoms with Crippen LogP contribution in [0.4, 0.5) is 34.5 Å². The molecule has 0 spiro atoms. The summed E-state index contributed by atoms with van der Waals surface area (Å²) in [5.41, 5.74) is 3.30. The molecule has 0 bridgehead atoms. The first-order valence-electron chi connectivity index (χ1n) is 15.0. The van der Waals surface area contributed by atoms with E-state index in [2.05, 4.69) is 36.5 Å². The summed E-state index contributed by atoms with van der Waals surface area (Å²) in [6, 6.07) is 13.6. The second-order valence-corrected chi connectivity index (χ2v) is 13.2. The first kappa shape index (κ1) is 35.5. The van der Waals surface area contributed by atoms with Crippen LogP contribution in [0.15, 0.2) is 48.7 Å². The summed E-state index contributed by atoms with van der Waals surface area (Å²) in [4.78, 5) is 26.9. The number of halogens is 2. The average Bonchev–Trinajstić information content (AvgIpc) is 3.04. The van der Waals surface area contributed by atoms with Gasteiger partial charge in [0.2, 0.25) is 5.95 Å². The molecule has 3 aromatic rings. The van der Waals surface area contributed by atoms with E-state index in [-0.39, 0.29) is 19.0 Å². The summed E-state index contributed by atoms with van der Waals surface area (Å²) in [6.07, 6.45) is 5.37. The molecule has 0 saturated carbocycles. The molecule has 3 N–H and O–H groups in total. The SMILES string of the molecule is COc1cc(N2CCC(CN3CCN(CC(=O)O)CC3)CC2)ccc1Nc1ncc(Cl)c(Nc2ccccc2N(C)S(C)=O)n1.Cl.